The van der Waals surface area contributed by atoms with Gasteiger partial charge in [0.1, 0.15) is 16.4 Å². The first kappa shape index (κ1) is 24.2. The molecule has 35 heavy (non-hydrogen) atoms. The summed E-state index contributed by atoms with van der Waals surface area (Å²) in [6, 6.07) is 12.9. The van der Waals surface area contributed by atoms with Gasteiger partial charge in [-0.25, -0.2) is 9.78 Å². The molecule has 1 amide bonds. The number of benzene rings is 2. The van der Waals surface area contributed by atoms with Crippen LogP contribution >= 0.6 is 11.3 Å². The predicted octanol–water partition coefficient (Wildman–Crippen LogP) is 4.57. The van der Waals surface area contributed by atoms with Crippen LogP contribution in [0.25, 0.3) is 5.76 Å². The van der Waals surface area contributed by atoms with Gasteiger partial charge in [0.05, 0.1) is 31.0 Å². The smallest absolute Gasteiger partial charge is 0.350 e. The summed E-state index contributed by atoms with van der Waals surface area (Å²) < 4.78 is 10.3. The molecule has 0 saturated carbocycles. The van der Waals surface area contributed by atoms with Crippen LogP contribution in [0.5, 0.6) is 5.75 Å². The van der Waals surface area contributed by atoms with Gasteiger partial charge in [-0.1, -0.05) is 41.2 Å². The molecule has 9 heteroatoms. The van der Waals surface area contributed by atoms with E-state index in [0.29, 0.717) is 22.6 Å². The zero-order chi connectivity index (χ0) is 25.3. The number of hydrogen-bond donors (Lipinski definition) is 1. The molecule has 1 saturated heterocycles. The van der Waals surface area contributed by atoms with Crippen LogP contribution in [0.3, 0.4) is 0 Å². The van der Waals surface area contributed by atoms with Crippen molar-refractivity contribution in [2.75, 3.05) is 18.6 Å². The molecule has 3 aromatic rings. The van der Waals surface area contributed by atoms with Crippen molar-refractivity contribution < 1.29 is 29.0 Å². The Morgan fingerprint density at radius 2 is 1.74 bits per heavy atom. The number of hydrogen-bond acceptors (Lipinski definition) is 8. The first-order chi connectivity index (χ1) is 16.8. The van der Waals surface area contributed by atoms with Gasteiger partial charge in [-0.15, -0.1) is 0 Å². The van der Waals surface area contributed by atoms with E-state index in [-0.39, 0.29) is 27.9 Å². The van der Waals surface area contributed by atoms with Crippen LogP contribution < -0.4 is 9.64 Å². The van der Waals surface area contributed by atoms with Crippen LogP contribution in [0.4, 0.5) is 5.13 Å². The molecule has 1 aliphatic rings. The Morgan fingerprint density at radius 1 is 1.09 bits per heavy atom. The lowest BCUT2D eigenvalue weighted by atomic mass is 9.95. The van der Waals surface area contributed by atoms with E-state index in [1.165, 1.54) is 12.0 Å². The number of aliphatic hydroxyl groups is 1. The third kappa shape index (κ3) is 4.42. The standard InChI is InChI=1S/C26H24N2O6S/c1-5-34-25(32)23-15(3)27-26(35-23)28-20(16-8-6-14(2)7-9-16)19(22(30)24(28)31)21(29)17-10-12-18(33-4)13-11-17/h6-13,20,29H,5H2,1-4H3/t20-/m1/s1. The molecule has 4 rings (SSSR count). The van der Waals surface area contributed by atoms with E-state index in [0.717, 1.165) is 16.9 Å². The van der Waals surface area contributed by atoms with Crippen molar-refractivity contribution in [2.45, 2.75) is 26.8 Å². The van der Waals surface area contributed by atoms with Crippen LogP contribution in [0.15, 0.2) is 54.1 Å². The summed E-state index contributed by atoms with van der Waals surface area (Å²) in [6.07, 6.45) is 0. The highest BCUT2D eigenvalue weighted by molar-refractivity contribution is 7.17. The van der Waals surface area contributed by atoms with Crippen molar-refractivity contribution in [2.24, 2.45) is 0 Å². The summed E-state index contributed by atoms with van der Waals surface area (Å²) in [5, 5.41) is 11.4. The molecule has 2 heterocycles. The Bertz CT molecular complexity index is 1320. The largest absolute Gasteiger partial charge is 0.507 e. The van der Waals surface area contributed by atoms with Crippen molar-refractivity contribution in [3.05, 3.63) is 81.4 Å². The maximum absolute atomic E-state index is 13.3. The number of aromatic nitrogens is 1. The van der Waals surface area contributed by atoms with Gasteiger partial charge in [0.2, 0.25) is 0 Å². The molecule has 1 fully saturated rings. The molecule has 8 nitrogen and oxygen atoms in total. The quantitative estimate of drug-likeness (QED) is 0.232. The van der Waals surface area contributed by atoms with Gasteiger partial charge in [0.15, 0.2) is 5.13 Å². The van der Waals surface area contributed by atoms with Crippen molar-refractivity contribution in [1.82, 2.24) is 4.98 Å². The third-order valence-corrected chi connectivity index (χ3v) is 6.79. The van der Waals surface area contributed by atoms with E-state index >= 15 is 0 Å². The molecule has 0 spiro atoms. The molecular weight excluding hydrogens is 468 g/mol. The summed E-state index contributed by atoms with van der Waals surface area (Å²) in [5.41, 5.74) is 2.31. The van der Waals surface area contributed by atoms with Crippen LogP contribution in [0, 0.1) is 13.8 Å². The van der Waals surface area contributed by atoms with Crippen LogP contribution in [-0.2, 0) is 14.3 Å². The van der Waals surface area contributed by atoms with Gasteiger partial charge >= 0.3 is 11.9 Å². The number of aryl methyl sites for hydroxylation is 2. The number of thiazole rings is 1. The monoisotopic (exact) mass is 492 g/mol. The van der Waals surface area contributed by atoms with Gasteiger partial charge in [0.25, 0.3) is 5.78 Å². The summed E-state index contributed by atoms with van der Waals surface area (Å²) in [5.74, 6) is -1.94. The fourth-order valence-corrected chi connectivity index (χ4v) is 4.86. The summed E-state index contributed by atoms with van der Waals surface area (Å²) in [7, 11) is 1.53. The van der Waals surface area contributed by atoms with E-state index in [4.69, 9.17) is 9.47 Å². The molecule has 180 valence electrons. The third-order valence-electron chi connectivity index (χ3n) is 5.65. The highest BCUT2D eigenvalue weighted by Gasteiger charge is 2.48. The average Bonchev–Trinajstić information content (AvgIpc) is 3.36. The SMILES string of the molecule is CCOC(=O)c1sc(N2C(=O)C(=O)C(=C(O)c3ccc(OC)cc3)[C@H]2c2ccc(C)cc2)nc1C. The Hall–Kier alpha value is -3.98. The predicted molar refractivity (Wildman–Crippen MR) is 132 cm³/mol. The van der Waals surface area contributed by atoms with Gasteiger partial charge < -0.3 is 14.6 Å². The number of amides is 1. The maximum Gasteiger partial charge on any atom is 0.350 e. The molecule has 0 unspecified atom stereocenters. The first-order valence-corrected chi connectivity index (χ1v) is 11.7. The number of nitrogens with zero attached hydrogens (tertiary/aromatic N) is 2. The number of carbonyl (C=O) groups excluding carboxylic acids is 3. The number of methoxy groups -OCH3 is 1. The fraction of sp³-hybridized carbons (Fsp3) is 0.231. The highest BCUT2D eigenvalue weighted by atomic mass is 32.1. The van der Waals surface area contributed by atoms with Crippen LogP contribution in [0.2, 0.25) is 0 Å². The zero-order valence-electron chi connectivity index (χ0n) is 19.7. The topological polar surface area (TPSA) is 106 Å². The van der Waals surface area contributed by atoms with Gasteiger partial charge in [-0.2, -0.15) is 0 Å². The summed E-state index contributed by atoms with van der Waals surface area (Å²) >= 11 is 0.973. The number of carbonyl (C=O) groups is 3. The lowest BCUT2D eigenvalue weighted by molar-refractivity contribution is -0.132. The van der Waals surface area contributed by atoms with Crippen molar-refractivity contribution in [3.8, 4) is 5.75 Å². The number of rotatable bonds is 6. The minimum Gasteiger partial charge on any atom is -0.507 e. The minimum absolute atomic E-state index is 0.0606. The number of esters is 1. The minimum atomic E-state index is -0.932. The zero-order valence-corrected chi connectivity index (χ0v) is 20.5. The highest BCUT2D eigenvalue weighted by Crippen LogP contribution is 2.44. The lowest BCUT2D eigenvalue weighted by Crippen LogP contribution is -2.29. The molecular formula is C26H24N2O6S. The van der Waals surface area contributed by atoms with Crippen molar-refractivity contribution in [1.29, 1.82) is 0 Å². The molecule has 0 radical (unpaired) electrons. The maximum atomic E-state index is 13.3. The van der Waals surface area contributed by atoms with Crippen LogP contribution in [0.1, 0.15) is 45.0 Å². The van der Waals surface area contributed by atoms with Gasteiger partial charge in [0, 0.05) is 5.56 Å². The fourth-order valence-electron chi connectivity index (χ4n) is 3.87. The second kappa shape index (κ2) is 9.71. The lowest BCUT2D eigenvalue weighted by Gasteiger charge is -2.23. The molecule has 1 aromatic heterocycles. The van der Waals surface area contributed by atoms with E-state index in [1.54, 1.807) is 50.2 Å². The molecule has 1 atom stereocenters. The van der Waals surface area contributed by atoms with Gasteiger partial charge in [-0.3, -0.25) is 14.5 Å². The Balaban J connectivity index is 1.89. The normalized spacial score (nSPS) is 17.0. The van der Waals surface area contributed by atoms with E-state index < -0.39 is 23.7 Å². The second-order valence-electron chi connectivity index (χ2n) is 7.94. The van der Waals surface area contributed by atoms with Crippen molar-refractivity contribution in [3.63, 3.8) is 0 Å². The number of ether oxygens (including phenoxy) is 2. The number of anilines is 1. The van der Waals surface area contributed by atoms with Crippen molar-refractivity contribution >= 4 is 39.9 Å². The molecule has 0 aliphatic carbocycles. The first-order valence-electron chi connectivity index (χ1n) is 10.9. The molecule has 0 bridgehead atoms. The number of aliphatic hydroxyl groups excluding tert-OH is 1. The summed E-state index contributed by atoms with van der Waals surface area (Å²) in [4.78, 5) is 44.8. The average molecular weight is 493 g/mol. The molecule has 2 aromatic carbocycles. The molecule has 1 N–H and O–H groups in total. The Labute approximate surface area is 206 Å². The number of Topliss-reactive ketones (excluding diaryl/α,β-unsaturated/α-hetero) is 1. The Kier molecular flexibility index (Phi) is 6.70. The van der Waals surface area contributed by atoms with Crippen LogP contribution in [-0.4, -0.2) is 41.5 Å². The van der Waals surface area contributed by atoms with E-state index in [2.05, 4.69) is 4.98 Å². The second-order valence-corrected chi connectivity index (χ2v) is 8.92. The molecule has 1 aliphatic heterocycles. The van der Waals surface area contributed by atoms with E-state index in [1.807, 2.05) is 19.1 Å². The number of ketones is 1. The Morgan fingerprint density at radius 3 is 2.34 bits per heavy atom. The van der Waals surface area contributed by atoms with E-state index in [9.17, 15) is 19.5 Å². The van der Waals surface area contributed by atoms with Gasteiger partial charge in [-0.05, 0) is 50.6 Å². The summed E-state index contributed by atoms with van der Waals surface area (Å²) in [6.45, 7) is 5.46.